The topological polar surface area (TPSA) is 118 Å². The molecule has 0 aliphatic carbocycles. The highest BCUT2D eigenvalue weighted by Gasteiger charge is 2.24. The van der Waals surface area contributed by atoms with Crippen LogP contribution in [0.15, 0.2) is 30.3 Å². The summed E-state index contributed by atoms with van der Waals surface area (Å²) in [6, 6.07) is 11.2. The van der Waals surface area contributed by atoms with Gasteiger partial charge in [-0.25, -0.2) is 0 Å². The van der Waals surface area contributed by atoms with E-state index in [4.69, 9.17) is 5.73 Å². The molecule has 0 amide bonds. The summed E-state index contributed by atoms with van der Waals surface area (Å²) in [6.45, 7) is 0. The molecule has 118 valence electrons. The third-order valence-corrected chi connectivity index (χ3v) is 3.57. The van der Waals surface area contributed by atoms with Gasteiger partial charge in [0.15, 0.2) is 17.5 Å². The number of aromatic nitrogens is 3. The molecule has 1 aromatic heterocycles. The molecule has 0 bridgehead atoms. The number of ketones is 1. The molecule has 3 N–H and O–H groups in total. The number of carbonyl (C=O) groups excluding carboxylic acids is 1. The molecule has 23 heavy (non-hydrogen) atoms. The molecular formula is C15H16N6OS. The van der Waals surface area contributed by atoms with Gasteiger partial charge >= 0.3 is 0 Å². The molecule has 2 rings (SSSR count). The van der Waals surface area contributed by atoms with Crippen LogP contribution in [-0.2, 0) is 4.79 Å². The van der Waals surface area contributed by atoms with Crippen LogP contribution in [0.4, 0.5) is 17.6 Å². The van der Waals surface area contributed by atoms with Gasteiger partial charge in [0, 0.05) is 12.1 Å². The maximum atomic E-state index is 12.1. The molecule has 0 fully saturated rings. The zero-order valence-corrected chi connectivity index (χ0v) is 13.4. The second-order valence-electron chi connectivity index (χ2n) is 4.64. The monoisotopic (exact) mass is 328 g/mol. The molecule has 0 spiro atoms. The first-order valence-corrected chi connectivity index (χ1v) is 8.28. The summed E-state index contributed by atoms with van der Waals surface area (Å²) in [4.78, 5) is 24.2. The summed E-state index contributed by atoms with van der Waals surface area (Å²) < 4.78 is 0. The number of nitrogens with zero attached hydrogens (tertiary/aromatic N) is 4. The highest BCUT2D eigenvalue weighted by molar-refractivity contribution is 7.98. The summed E-state index contributed by atoms with van der Waals surface area (Å²) in [6.07, 6.45) is 2.18. The summed E-state index contributed by atoms with van der Waals surface area (Å²) >= 11 is 1.54. The van der Waals surface area contributed by atoms with E-state index in [1.807, 2.05) is 42.7 Å². The Bertz CT molecular complexity index is 716. The van der Waals surface area contributed by atoms with Crippen molar-refractivity contribution in [3.05, 3.63) is 36.2 Å². The fourth-order valence-corrected chi connectivity index (χ4v) is 2.27. The Balaban J connectivity index is 2.25. The van der Waals surface area contributed by atoms with Gasteiger partial charge in [-0.2, -0.15) is 32.0 Å². The maximum Gasteiger partial charge on any atom is 0.232 e. The molecule has 0 saturated carbocycles. The lowest BCUT2D eigenvalue weighted by Crippen LogP contribution is -2.17. The number of nitrogens with two attached hydrogens (primary N) is 1. The minimum Gasteiger partial charge on any atom is -0.368 e. The third kappa shape index (κ3) is 4.66. The zero-order valence-electron chi connectivity index (χ0n) is 12.6. The van der Waals surface area contributed by atoms with Gasteiger partial charge in [-0.05, 0) is 24.1 Å². The fourth-order valence-electron chi connectivity index (χ4n) is 1.87. The number of para-hydroxylation sites is 1. The summed E-state index contributed by atoms with van der Waals surface area (Å²) in [5, 5.41) is 12.3. The fraction of sp³-hybridized carbons (Fsp3) is 0.267. The normalized spacial score (nSPS) is 11.5. The van der Waals surface area contributed by atoms with Crippen molar-refractivity contribution in [1.82, 2.24) is 15.0 Å². The van der Waals surface area contributed by atoms with Gasteiger partial charge in [-0.15, -0.1) is 0 Å². The standard InChI is InChI=1S/C15H16N6OS/c1-23-8-7-12(22)11(9-16)13-19-14(17)21-15(20-13)18-10-5-3-2-4-6-10/h2-6,11H,7-8H2,1H3,(H3,17,18,19,20,21)/t11-/m0/s1. The number of anilines is 3. The van der Waals surface area contributed by atoms with Crippen LogP contribution in [0.5, 0.6) is 0 Å². The highest BCUT2D eigenvalue weighted by Crippen LogP contribution is 2.19. The van der Waals surface area contributed by atoms with Crippen molar-refractivity contribution >= 4 is 35.1 Å². The lowest BCUT2D eigenvalue weighted by molar-refractivity contribution is -0.119. The lowest BCUT2D eigenvalue weighted by atomic mass is 10.0. The Kier molecular flexibility index (Phi) is 5.88. The van der Waals surface area contributed by atoms with E-state index in [2.05, 4.69) is 20.3 Å². The second-order valence-corrected chi connectivity index (χ2v) is 5.62. The molecule has 0 aliphatic rings. The van der Waals surface area contributed by atoms with E-state index in [9.17, 15) is 10.1 Å². The average molecular weight is 328 g/mol. The van der Waals surface area contributed by atoms with Crippen molar-refractivity contribution in [3.8, 4) is 6.07 Å². The number of nitrogen functional groups attached to an aromatic ring is 1. The summed E-state index contributed by atoms with van der Waals surface area (Å²) in [7, 11) is 0. The lowest BCUT2D eigenvalue weighted by Gasteiger charge is -2.10. The first-order valence-electron chi connectivity index (χ1n) is 6.89. The van der Waals surface area contributed by atoms with Crippen molar-refractivity contribution in [2.75, 3.05) is 23.1 Å². The Morgan fingerprint density at radius 3 is 2.74 bits per heavy atom. The first kappa shape index (κ1) is 16.7. The largest absolute Gasteiger partial charge is 0.368 e. The molecule has 0 radical (unpaired) electrons. The van der Waals surface area contributed by atoms with Gasteiger partial charge in [0.05, 0.1) is 6.07 Å². The van der Waals surface area contributed by atoms with Crippen LogP contribution < -0.4 is 11.1 Å². The molecule has 7 nitrogen and oxygen atoms in total. The molecule has 2 aromatic rings. The summed E-state index contributed by atoms with van der Waals surface area (Å²) in [5.74, 6) is -0.374. The molecule has 1 heterocycles. The van der Waals surface area contributed by atoms with Crippen molar-refractivity contribution < 1.29 is 4.79 Å². The second kappa shape index (κ2) is 8.10. The van der Waals surface area contributed by atoms with E-state index in [1.54, 1.807) is 11.8 Å². The number of thioether (sulfide) groups is 1. The van der Waals surface area contributed by atoms with Gasteiger partial charge in [-0.3, -0.25) is 4.79 Å². The quantitative estimate of drug-likeness (QED) is 0.793. The van der Waals surface area contributed by atoms with Crippen molar-refractivity contribution in [1.29, 1.82) is 5.26 Å². The number of hydrogen-bond acceptors (Lipinski definition) is 8. The van der Waals surface area contributed by atoms with Crippen LogP contribution in [0.3, 0.4) is 0 Å². The Labute approximate surface area is 138 Å². The molecule has 0 unspecified atom stereocenters. The average Bonchev–Trinajstić information content (AvgIpc) is 2.54. The Hall–Kier alpha value is -2.66. The van der Waals surface area contributed by atoms with Crippen LogP contribution in [0.1, 0.15) is 18.2 Å². The Morgan fingerprint density at radius 2 is 2.09 bits per heavy atom. The first-order chi connectivity index (χ1) is 11.1. The van der Waals surface area contributed by atoms with E-state index in [0.29, 0.717) is 5.75 Å². The smallest absolute Gasteiger partial charge is 0.232 e. The number of rotatable bonds is 7. The van der Waals surface area contributed by atoms with Crippen LogP contribution in [0, 0.1) is 11.3 Å². The van der Waals surface area contributed by atoms with Gasteiger partial charge < -0.3 is 11.1 Å². The number of hydrogen-bond donors (Lipinski definition) is 2. The minimum absolute atomic E-state index is 0.0358. The van der Waals surface area contributed by atoms with Gasteiger partial charge in [-0.1, -0.05) is 18.2 Å². The van der Waals surface area contributed by atoms with Crippen LogP contribution in [0.2, 0.25) is 0 Å². The van der Waals surface area contributed by atoms with Crippen molar-refractivity contribution in [2.24, 2.45) is 0 Å². The maximum absolute atomic E-state index is 12.1. The van der Waals surface area contributed by atoms with Gasteiger partial charge in [0.1, 0.15) is 0 Å². The molecule has 1 aromatic carbocycles. The molecule has 0 aliphatic heterocycles. The van der Waals surface area contributed by atoms with Crippen LogP contribution >= 0.6 is 11.8 Å². The predicted octanol–water partition coefficient (Wildman–Crippen LogP) is 2.13. The number of benzene rings is 1. The third-order valence-electron chi connectivity index (χ3n) is 2.96. The number of Topliss-reactive ketones (excluding diaryl/α,β-unsaturated/α-hetero) is 1. The molecule has 1 atom stereocenters. The van der Waals surface area contributed by atoms with E-state index in [1.165, 1.54) is 0 Å². The highest BCUT2D eigenvalue weighted by atomic mass is 32.2. The predicted molar refractivity (Wildman–Crippen MR) is 90.3 cm³/mol. The van der Waals surface area contributed by atoms with E-state index in [0.717, 1.165) is 5.69 Å². The number of carbonyl (C=O) groups is 1. The van der Waals surface area contributed by atoms with Gasteiger partial charge in [0.25, 0.3) is 0 Å². The Morgan fingerprint density at radius 1 is 1.35 bits per heavy atom. The molecule has 0 saturated heterocycles. The van der Waals surface area contributed by atoms with Crippen LogP contribution in [-0.4, -0.2) is 32.7 Å². The van der Waals surface area contributed by atoms with Crippen molar-refractivity contribution in [2.45, 2.75) is 12.3 Å². The number of nitrogens with one attached hydrogen (secondary N) is 1. The van der Waals surface area contributed by atoms with E-state index < -0.39 is 5.92 Å². The van der Waals surface area contributed by atoms with Crippen LogP contribution in [0.25, 0.3) is 0 Å². The van der Waals surface area contributed by atoms with E-state index >= 15 is 0 Å². The zero-order chi connectivity index (χ0) is 16.7. The SMILES string of the molecule is CSCCC(=O)[C@H](C#N)c1nc(N)nc(Nc2ccccc2)n1. The van der Waals surface area contributed by atoms with Gasteiger partial charge in [0.2, 0.25) is 11.9 Å². The van der Waals surface area contributed by atoms with E-state index in [-0.39, 0.29) is 29.9 Å². The molecular weight excluding hydrogens is 312 g/mol. The summed E-state index contributed by atoms with van der Waals surface area (Å²) in [5.41, 5.74) is 6.45. The van der Waals surface area contributed by atoms with Crippen molar-refractivity contribution in [3.63, 3.8) is 0 Å². The number of nitriles is 1. The minimum atomic E-state index is -1.04. The molecule has 8 heteroatoms.